The smallest absolute Gasteiger partial charge is 0.506 e. The molecular weight excluding hydrogens is 337 g/mol. The molecule has 0 atom stereocenters. The van der Waals surface area contributed by atoms with Gasteiger partial charge in [0, 0.05) is 16.8 Å². The number of halogens is 4. The summed E-state index contributed by atoms with van der Waals surface area (Å²) in [6, 6.07) is 8.03. The molecular formula is C14H10ClF3N2O3. The maximum Gasteiger partial charge on any atom is 0.573 e. The number of ether oxygens (including phenoxy) is 1. The quantitative estimate of drug-likeness (QED) is 0.712. The third kappa shape index (κ3) is 5.26. The fourth-order valence-electron chi connectivity index (χ4n) is 1.66. The Hall–Kier alpha value is -2.61. The summed E-state index contributed by atoms with van der Waals surface area (Å²) < 4.78 is 40.2. The van der Waals surface area contributed by atoms with Crippen LogP contribution in [0.1, 0.15) is 0 Å². The fraction of sp³-hybridized carbons (Fsp3) is 0.0714. The Bertz CT molecular complexity index is 723. The summed E-state index contributed by atoms with van der Waals surface area (Å²) in [5, 5.41) is 14.5. The average Bonchev–Trinajstić information content (AvgIpc) is 2.41. The molecule has 0 aliphatic rings. The molecule has 0 heterocycles. The van der Waals surface area contributed by atoms with Gasteiger partial charge >= 0.3 is 12.4 Å². The highest BCUT2D eigenvalue weighted by Gasteiger charge is 2.31. The van der Waals surface area contributed by atoms with E-state index in [2.05, 4.69) is 15.4 Å². The Morgan fingerprint density at radius 3 is 2.57 bits per heavy atom. The van der Waals surface area contributed by atoms with Gasteiger partial charge in [0.2, 0.25) is 0 Å². The molecule has 9 heteroatoms. The minimum atomic E-state index is -4.83. The van der Waals surface area contributed by atoms with E-state index in [1.807, 2.05) is 0 Å². The van der Waals surface area contributed by atoms with Crippen LogP contribution >= 0.6 is 11.6 Å². The van der Waals surface area contributed by atoms with Crippen molar-refractivity contribution in [2.45, 2.75) is 6.36 Å². The van der Waals surface area contributed by atoms with Crippen molar-refractivity contribution in [3.05, 3.63) is 47.5 Å². The van der Waals surface area contributed by atoms with Crippen LogP contribution in [-0.2, 0) is 0 Å². The Morgan fingerprint density at radius 2 is 1.87 bits per heavy atom. The van der Waals surface area contributed by atoms with Gasteiger partial charge in [-0.1, -0.05) is 17.7 Å². The summed E-state index contributed by atoms with van der Waals surface area (Å²) in [7, 11) is 0. The molecule has 2 amide bonds. The molecule has 5 nitrogen and oxygen atoms in total. The first kappa shape index (κ1) is 16.8. The normalized spacial score (nSPS) is 11.0. The molecule has 0 fully saturated rings. The molecule has 2 aromatic carbocycles. The Morgan fingerprint density at radius 1 is 1.13 bits per heavy atom. The predicted octanol–water partition coefficient (Wildman–Crippen LogP) is 4.59. The van der Waals surface area contributed by atoms with Crippen LogP contribution in [0.4, 0.5) is 29.3 Å². The maximum absolute atomic E-state index is 12.1. The molecule has 0 saturated carbocycles. The highest BCUT2D eigenvalue weighted by Crippen LogP contribution is 2.27. The number of hydrogen-bond donors (Lipinski definition) is 3. The average molecular weight is 347 g/mol. The van der Waals surface area contributed by atoms with Crippen LogP contribution in [0, 0.1) is 0 Å². The van der Waals surface area contributed by atoms with E-state index in [1.165, 1.54) is 30.3 Å². The first-order valence-corrected chi connectivity index (χ1v) is 6.53. The standard InChI is InChI=1S/C14H10ClF3N2O3/c15-8-4-5-12(21)11(6-8)20-13(22)19-9-2-1-3-10(7-9)23-14(16,17)18/h1-7,21H,(H2,19,20,22). The minimum absolute atomic E-state index is 0.0534. The molecule has 2 aromatic rings. The second-order valence-electron chi connectivity index (χ2n) is 4.32. The Labute approximate surface area is 133 Å². The van der Waals surface area contributed by atoms with E-state index in [0.29, 0.717) is 5.02 Å². The van der Waals surface area contributed by atoms with Crippen LogP contribution < -0.4 is 15.4 Å². The molecule has 0 bridgehead atoms. The summed E-state index contributed by atoms with van der Waals surface area (Å²) >= 11 is 5.74. The van der Waals surface area contributed by atoms with E-state index in [1.54, 1.807) is 0 Å². The van der Waals surface area contributed by atoms with E-state index < -0.39 is 18.1 Å². The first-order valence-electron chi connectivity index (χ1n) is 6.15. The molecule has 2 rings (SSSR count). The van der Waals surface area contributed by atoms with Crippen molar-refractivity contribution in [1.29, 1.82) is 0 Å². The van der Waals surface area contributed by atoms with Gasteiger partial charge in [-0.25, -0.2) is 4.79 Å². The topological polar surface area (TPSA) is 70.6 Å². The third-order valence-corrected chi connectivity index (χ3v) is 2.77. The second-order valence-corrected chi connectivity index (χ2v) is 4.75. The van der Waals surface area contributed by atoms with Crippen molar-refractivity contribution in [2.75, 3.05) is 10.6 Å². The van der Waals surface area contributed by atoms with Crippen LogP contribution in [0.3, 0.4) is 0 Å². The third-order valence-electron chi connectivity index (χ3n) is 2.53. The van der Waals surface area contributed by atoms with Crippen molar-refractivity contribution in [3.8, 4) is 11.5 Å². The number of carbonyl (C=O) groups is 1. The molecule has 122 valence electrons. The zero-order valence-electron chi connectivity index (χ0n) is 11.3. The van der Waals surface area contributed by atoms with Gasteiger partial charge in [0.05, 0.1) is 5.69 Å². The second kappa shape index (κ2) is 6.66. The zero-order chi connectivity index (χ0) is 17.0. The van der Waals surface area contributed by atoms with Crippen molar-refractivity contribution >= 4 is 29.0 Å². The van der Waals surface area contributed by atoms with E-state index in [0.717, 1.165) is 12.1 Å². The van der Waals surface area contributed by atoms with Gasteiger partial charge in [0.1, 0.15) is 11.5 Å². The van der Waals surface area contributed by atoms with Crippen molar-refractivity contribution in [3.63, 3.8) is 0 Å². The highest BCUT2D eigenvalue weighted by atomic mass is 35.5. The Kier molecular flexibility index (Phi) is 4.85. The molecule has 0 aromatic heterocycles. The molecule has 0 radical (unpaired) electrons. The molecule has 0 aliphatic heterocycles. The number of carbonyl (C=O) groups excluding carboxylic acids is 1. The maximum atomic E-state index is 12.1. The number of phenols is 1. The molecule has 0 aliphatic carbocycles. The minimum Gasteiger partial charge on any atom is -0.506 e. The monoisotopic (exact) mass is 346 g/mol. The Balaban J connectivity index is 2.05. The number of phenolic OH excluding ortho intramolecular Hbond substituents is 1. The van der Waals surface area contributed by atoms with Crippen LogP contribution in [-0.4, -0.2) is 17.5 Å². The number of aromatic hydroxyl groups is 1. The van der Waals surface area contributed by atoms with Crippen molar-refractivity contribution < 1.29 is 27.8 Å². The number of nitrogens with one attached hydrogen (secondary N) is 2. The van der Waals surface area contributed by atoms with Gasteiger partial charge in [-0.3, -0.25) is 0 Å². The molecule has 0 unspecified atom stereocenters. The van der Waals surface area contributed by atoms with Crippen molar-refractivity contribution in [1.82, 2.24) is 0 Å². The molecule has 0 saturated heterocycles. The summed E-state index contributed by atoms with van der Waals surface area (Å²) in [5.41, 5.74) is 0.128. The van der Waals surface area contributed by atoms with E-state index in [-0.39, 0.29) is 17.1 Å². The van der Waals surface area contributed by atoms with Crippen LogP contribution in [0.15, 0.2) is 42.5 Å². The number of urea groups is 1. The molecule has 3 N–H and O–H groups in total. The van der Waals surface area contributed by atoms with Gasteiger partial charge in [-0.15, -0.1) is 13.2 Å². The zero-order valence-corrected chi connectivity index (χ0v) is 12.1. The van der Waals surface area contributed by atoms with Crippen LogP contribution in [0.5, 0.6) is 11.5 Å². The largest absolute Gasteiger partial charge is 0.573 e. The fourth-order valence-corrected chi connectivity index (χ4v) is 1.84. The van der Waals surface area contributed by atoms with Gasteiger partial charge in [0.15, 0.2) is 0 Å². The number of anilines is 2. The lowest BCUT2D eigenvalue weighted by Gasteiger charge is -2.12. The van der Waals surface area contributed by atoms with Crippen LogP contribution in [0.2, 0.25) is 5.02 Å². The predicted molar refractivity (Wildman–Crippen MR) is 78.9 cm³/mol. The summed E-state index contributed by atoms with van der Waals surface area (Å²) in [5.74, 6) is -0.681. The molecule has 23 heavy (non-hydrogen) atoms. The number of amides is 2. The van der Waals surface area contributed by atoms with Gasteiger partial charge in [-0.05, 0) is 30.3 Å². The number of hydrogen-bond acceptors (Lipinski definition) is 3. The van der Waals surface area contributed by atoms with E-state index in [9.17, 15) is 23.1 Å². The number of rotatable bonds is 3. The molecule has 0 spiro atoms. The van der Waals surface area contributed by atoms with Gasteiger partial charge in [-0.2, -0.15) is 0 Å². The summed E-state index contributed by atoms with van der Waals surface area (Å²) in [6.45, 7) is 0. The van der Waals surface area contributed by atoms with Gasteiger partial charge < -0.3 is 20.5 Å². The lowest BCUT2D eigenvalue weighted by atomic mass is 10.3. The first-order chi connectivity index (χ1) is 10.7. The lowest BCUT2D eigenvalue weighted by molar-refractivity contribution is -0.274. The van der Waals surface area contributed by atoms with Gasteiger partial charge in [0.25, 0.3) is 0 Å². The summed E-state index contributed by atoms with van der Waals surface area (Å²) in [4.78, 5) is 11.8. The lowest BCUT2D eigenvalue weighted by Crippen LogP contribution is -2.20. The van der Waals surface area contributed by atoms with Crippen molar-refractivity contribution in [2.24, 2.45) is 0 Å². The SMILES string of the molecule is O=C(Nc1cccc(OC(F)(F)F)c1)Nc1cc(Cl)ccc1O. The number of benzene rings is 2. The van der Waals surface area contributed by atoms with Crippen LogP contribution in [0.25, 0.3) is 0 Å². The summed E-state index contributed by atoms with van der Waals surface area (Å²) in [6.07, 6.45) is -4.83. The van der Waals surface area contributed by atoms with E-state index in [4.69, 9.17) is 11.6 Å². The van der Waals surface area contributed by atoms with E-state index >= 15 is 0 Å². The highest BCUT2D eigenvalue weighted by molar-refractivity contribution is 6.31. The number of alkyl halides is 3.